The van der Waals surface area contributed by atoms with Crippen molar-refractivity contribution in [2.24, 2.45) is 0 Å². The zero-order valence-electron chi connectivity index (χ0n) is 18.0. The van der Waals surface area contributed by atoms with Crippen molar-refractivity contribution in [1.82, 2.24) is 20.6 Å². The second-order valence-electron chi connectivity index (χ2n) is 7.50. The lowest BCUT2D eigenvalue weighted by Crippen LogP contribution is -2.30. The third-order valence-electron chi connectivity index (χ3n) is 5.39. The van der Waals surface area contributed by atoms with Crippen LogP contribution in [0.4, 0.5) is 27.5 Å². The summed E-state index contributed by atoms with van der Waals surface area (Å²) in [4.78, 5) is 32.8. The number of ether oxygens (including phenoxy) is 2. The lowest BCUT2D eigenvalue weighted by molar-refractivity contribution is -0.128. The normalized spacial score (nSPS) is 16.9. The Kier molecular flexibility index (Phi) is 5.04. The number of halogens is 1. The predicted octanol–water partition coefficient (Wildman–Crippen LogP) is 2.17. The maximum atomic E-state index is 14.3. The van der Waals surface area contributed by atoms with Crippen LogP contribution in [0.1, 0.15) is 23.3 Å². The van der Waals surface area contributed by atoms with Gasteiger partial charge >= 0.3 is 0 Å². The summed E-state index contributed by atoms with van der Waals surface area (Å²) in [5, 5.41) is 20.4. The zero-order valence-corrected chi connectivity index (χ0v) is 18.0. The van der Waals surface area contributed by atoms with Crippen LogP contribution in [0.3, 0.4) is 0 Å². The maximum absolute atomic E-state index is 14.3. The van der Waals surface area contributed by atoms with Gasteiger partial charge in [0.1, 0.15) is 5.75 Å². The smallest absolute Gasteiger partial charge is 0.265 e. The third kappa shape index (κ3) is 3.45. The molecule has 0 fully saturated rings. The number of benzene rings is 2. The predicted molar refractivity (Wildman–Crippen MR) is 118 cm³/mol. The number of phenols is 1. The number of hydrogen-bond acceptors (Lipinski definition) is 9. The van der Waals surface area contributed by atoms with E-state index in [4.69, 9.17) is 9.47 Å². The fourth-order valence-corrected chi connectivity index (χ4v) is 3.84. The molecule has 1 aromatic heterocycles. The lowest BCUT2D eigenvalue weighted by atomic mass is 9.99. The molecule has 2 unspecified atom stereocenters. The van der Waals surface area contributed by atoms with Crippen LogP contribution >= 0.6 is 0 Å². The van der Waals surface area contributed by atoms with E-state index in [1.54, 1.807) is 18.2 Å². The van der Waals surface area contributed by atoms with Crippen molar-refractivity contribution in [2.75, 3.05) is 24.7 Å². The van der Waals surface area contributed by atoms with E-state index >= 15 is 0 Å². The van der Waals surface area contributed by atoms with E-state index in [1.165, 1.54) is 26.2 Å². The molecule has 0 spiro atoms. The minimum atomic E-state index is -0.979. The Bertz CT molecular complexity index is 1330. The molecule has 2 amide bonds. The molecule has 2 aliphatic rings. The first kappa shape index (κ1) is 21.2. The topological polar surface area (TPSA) is 147 Å². The minimum Gasteiger partial charge on any atom is -0.508 e. The first-order chi connectivity index (χ1) is 16.4. The Morgan fingerprint density at radius 2 is 1.76 bits per heavy atom. The van der Waals surface area contributed by atoms with Crippen molar-refractivity contribution in [2.45, 2.75) is 12.2 Å². The van der Waals surface area contributed by atoms with Crippen LogP contribution in [0.5, 0.6) is 17.2 Å². The van der Waals surface area contributed by atoms with Crippen LogP contribution in [0.15, 0.2) is 36.5 Å². The Morgan fingerprint density at radius 3 is 2.50 bits per heavy atom. The van der Waals surface area contributed by atoms with Gasteiger partial charge in [-0.2, -0.15) is 4.98 Å². The average molecular weight is 466 g/mol. The molecule has 3 aromatic rings. The fraction of sp³-hybridized carbons (Fsp3) is 0.182. The van der Waals surface area contributed by atoms with E-state index in [0.717, 1.165) is 6.20 Å². The quantitative estimate of drug-likeness (QED) is 0.369. The number of aromatic hydroxyl groups is 1. The Hall–Kier alpha value is -4.61. The fourth-order valence-electron chi connectivity index (χ4n) is 3.84. The number of hydrogen-bond donors (Lipinski definition) is 5. The van der Waals surface area contributed by atoms with Crippen molar-refractivity contribution in [1.29, 1.82) is 0 Å². The summed E-state index contributed by atoms with van der Waals surface area (Å²) in [6.45, 7) is 0. The van der Waals surface area contributed by atoms with Gasteiger partial charge in [0.05, 0.1) is 17.4 Å². The number of carbonyl (C=O) groups excluding carboxylic acids is 2. The first-order valence-electron chi connectivity index (χ1n) is 10.2. The molecule has 5 N–H and O–H groups in total. The Labute approximate surface area is 192 Å². The Morgan fingerprint density at radius 1 is 1.03 bits per heavy atom. The van der Waals surface area contributed by atoms with Gasteiger partial charge in [0.25, 0.3) is 11.8 Å². The lowest BCUT2D eigenvalue weighted by Gasteiger charge is -2.13. The minimum absolute atomic E-state index is 0.00729. The number of phenolic OH excluding ortho intramolecular Hbond substituents is 1. The molecule has 0 saturated heterocycles. The second kappa shape index (κ2) is 8.06. The van der Waals surface area contributed by atoms with E-state index in [0.29, 0.717) is 22.5 Å². The van der Waals surface area contributed by atoms with E-state index in [9.17, 15) is 19.1 Å². The van der Waals surface area contributed by atoms with Gasteiger partial charge in [-0.25, -0.2) is 9.37 Å². The summed E-state index contributed by atoms with van der Waals surface area (Å²) in [7, 11) is 2.96. The molecule has 0 saturated carbocycles. The Balaban J connectivity index is 1.49. The first-order valence-corrected chi connectivity index (χ1v) is 10.2. The maximum Gasteiger partial charge on any atom is 0.265 e. The highest BCUT2D eigenvalue weighted by Crippen LogP contribution is 2.58. The molecule has 2 aromatic carbocycles. The van der Waals surface area contributed by atoms with Gasteiger partial charge in [0, 0.05) is 31.4 Å². The summed E-state index contributed by atoms with van der Waals surface area (Å²) in [6, 6.07) is 7.76. The molecule has 2 atom stereocenters. The van der Waals surface area contributed by atoms with Gasteiger partial charge in [-0.3, -0.25) is 9.59 Å². The van der Waals surface area contributed by atoms with Gasteiger partial charge in [0.2, 0.25) is 18.2 Å². The van der Waals surface area contributed by atoms with E-state index in [2.05, 4.69) is 31.2 Å². The number of rotatable bonds is 6. The third-order valence-corrected chi connectivity index (χ3v) is 5.39. The van der Waals surface area contributed by atoms with Crippen LogP contribution in [0, 0.1) is 5.82 Å². The van der Waals surface area contributed by atoms with Gasteiger partial charge in [-0.1, -0.05) is 6.07 Å². The summed E-state index contributed by atoms with van der Waals surface area (Å²) in [5.74, 6) is -1.09. The van der Waals surface area contributed by atoms with Crippen molar-refractivity contribution in [3.63, 3.8) is 0 Å². The van der Waals surface area contributed by atoms with Crippen LogP contribution < -0.4 is 30.7 Å². The average Bonchev–Trinajstić information content (AvgIpc) is 3.27. The van der Waals surface area contributed by atoms with Crippen LogP contribution in [-0.2, 0) is 9.59 Å². The largest absolute Gasteiger partial charge is 0.508 e. The molecule has 12 heteroatoms. The highest BCUT2D eigenvalue weighted by atomic mass is 19.1. The number of carbonyl (C=O) groups is 2. The number of nitrogens with zero attached hydrogens (tertiary/aromatic N) is 2. The number of aromatic nitrogens is 2. The molecule has 4 bridgehead atoms. The molecule has 2 aliphatic heterocycles. The summed E-state index contributed by atoms with van der Waals surface area (Å²) in [6.07, 6.45) is -0.946. The number of likely N-dealkylation sites (N-methyl/N-ethyl adjacent to an activating group) is 2. The van der Waals surface area contributed by atoms with Gasteiger partial charge in [0.15, 0.2) is 23.1 Å². The van der Waals surface area contributed by atoms with Crippen molar-refractivity contribution in [3.05, 3.63) is 53.5 Å². The van der Waals surface area contributed by atoms with Crippen molar-refractivity contribution < 1.29 is 28.6 Å². The molecule has 3 heterocycles. The van der Waals surface area contributed by atoms with Crippen molar-refractivity contribution in [3.8, 4) is 17.2 Å². The molecule has 174 valence electrons. The summed E-state index contributed by atoms with van der Waals surface area (Å²) in [5.41, 5.74) is 1.72. The van der Waals surface area contributed by atoms with Crippen LogP contribution in [0.2, 0.25) is 0 Å². The number of amides is 2. The second-order valence-corrected chi connectivity index (χ2v) is 7.50. The molecule has 34 heavy (non-hydrogen) atoms. The molecule has 0 aliphatic carbocycles. The van der Waals surface area contributed by atoms with Crippen molar-refractivity contribution >= 4 is 35.0 Å². The van der Waals surface area contributed by atoms with Crippen LogP contribution in [0.25, 0.3) is 0 Å². The van der Waals surface area contributed by atoms with E-state index < -0.39 is 23.9 Å². The number of anilines is 4. The SMILES string of the molecule is CNC(=O)C1Oc2c3c(Nc4ncc(F)c(Nc5cccc(O)c5)n4)cc1c2C(C(=O)NC)O3. The van der Waals surface area contributed by atoms with Gasteiger partial charge in [-0.05, 0) is 18.2 Å². The molecular formula is C22H19FN6O5. The molecular weight excluding hydrogens is 447 g/mol. The highest BCUT2D eigenvalue weighted by molar-refractivity contribution is 5.93. The van der Waals surface area contributed by atoms with E-state index in [-0.39, 0.29) is 34.9 Å². The monoisotopic (exact) mass is 466 g/mol. The summed E-state index contributed by atoms with van der Waals surface area (Å²) < 4.78 is 26.0. The zero-order chi connectivity index (χ0) is 24.0. The molecule has 11 nitrogen and oxygen atoms in total. The molecule has 0 radical (unpaired) electrons. The van der Waals surface area contributed by atoms with Gasteiger partial charge < -0.3 is 35.8 Å². The standard InChI is InChI=1S/C22H19FN6O5/c1-24-20(31)15-11-7-13(16-17(33-15)14(11)18(34-16)21(32)25-2)28-22-26-8-12(23)19(29-22)27-9-4-3-5-10(30)6-9/h3-8,15,18,30H,1-2H3,(H,24,31)(H,25,32)(H2,26,27,28,29). The van der Waals surface area contributed by atoms with Crippen LogP contribution in [-0.4, -0.2) is 41.0 Å². The van der Waals surface area contributed by atoms with E-state index in [1.807, 2.05) is 0 Å². The number of nitrogens with one attached hydrogen (secondary N) is 4. The highest BCUT2D eigenvalue weighted by Gasteiger charge is 2.47. The van der Waals surface area contributed by atoms with Gasteiger partial charge in [-0.15, -0.1) is 0 Å². The summed E-state index contributed by atoms with van der Waals surface area (Å²) >= 11 is 0. The molecule has 5 rings (SSSR count).